The maximum absolute atomic E-state index is 5.63. The molecule has 0 rings (SSSR count). The molecule has 0 spiro atoms. The fourth-order valence-corrected chi connectivity index (χ4v) is 0.744. The molecular formula is C7H16N2O. The van der Waals surface area contributed by atoms with Gasteiger partial charge in [-0.15, -0.1) is 0 Å². The highest BCUT2D eigenvalue weighted by Crippen LogP contribution is 2.00. The Hall–Kier alpha value is -0.570. The average molecular weight is 144 g/mol. The van der Waals surface area contributed by atoms with Crippen molar-refractivity contribution < 1.29 is 4.84 Å². The molecule has 3 nitrogen and oxygen atoms in total. The van der Waals surface area contributed by atoms with Crippen LogP contribution in [0.1, 0.15) is 20.3 Å². The van der Waals surface area contributed by atoms with Gasteiger partial charge in [0.1, 0.15) is 7.11 Å². The van der Waals surface area contributed by atoms with E-state index in [1.165, 1.54) is 7.11 Å². The molecule has 0 heterocycles. The Morgan fingerprint density at radius 1 is 1.60 bits per heavy atom. The van der Waals surface area contributed by atoms with E-state index >= 15 is 0 Å². The number of oxime groups is 1. The summed E-state index contributed by atoms with van der Waals surface area (Å²) in [5.74, 6) is 0.610. The highest BCUT2D eigenvalue weighted by atomic mass is 16.6. The lowest BCUT2D eigenvalue weighted by Crippen LogP contribution is -2.23. The predicted octanol–water partition coefficient (Wildman–Crippen LogP) is 0.992. The van der Waals surface area contributed by atoms with E-state index in [2.05, 4.69) is 23.8 Å². The van der Waals surface area contributed by atoms with Gasteiger partial charge in [0.05, 0.1) is 6.21 Å². The van der Waals surface area contributed by atoms with Crippen molar-refractivity contribution >= 4 is 6.21 Å². The molecule has 0 saturated carbocycles. The van der Waals surface area contributed by atoms with E-state index in [4.69, 9.17) is 5.73 Å². The zero-order chi connectivity index (χ0) is 7.98. The van der Waals surface area contributed by atoms with Crippen molar-refractivity contribution in [2.24, 2.45) is 16.8 Å². The number of rotatable bonds is 4. The summed E-state index contributed by atoms with van der Waals surface area (Å²) in [7, 11) is 1.51. The molecular weight excluding hydrogens is 128 g/mol. The summed E-state index contributed by atoms with van der Waals surface area (Å²) < 4.78 is 0. The second-order valence-electron chi connectivity index (χ2n) is 2.73. The summed E-state index contributed by atoms with van der Waals surface area (Å²) in [6.07, 6.45) is 2.58. The number of nitrogens with two attached hydrogens (primary N) is 1. The second kappa shape index (κ2) is 5.23. The zero-order valence-corrected chi connectivity index (χ0v) is 6.87. The fourth-order valence-electron chi connectivity index (χ4n) is 0.744. The van der Waals surface area contributed by atoms with E-state index < -0.39 is 0 Å². The quantitative estimate of drug-likeness (QED) is 0.472. The largest absolute Gasteiger partial charge is 0.399 e. The van der Waals surface area contributed by atoms with Gasteiger partial charge < -0.3 is 10.6 Å². The summed E-state index contributed by atoms with van der Waals surface area (Å²) in [4.78, 5) is 4.48. The van der Waals surface area contributed by atoms with Gasteiger partial charge >= 0.3 is 0 Å². The van der Waals surface area contributed by atoms with Crippen LogP contribution in [0.2, 0.25) is 0 Å². The minimum Gasteiger partial charge on any atom is -0.399 e. The molecule has 0 aromatic carbocycles. The summed E-state index contributed by atoms with van der Waals surface area (Å²) >= 11 is 0. The van der Waals surface area contributed by atoms with Crippen LogP contribution >= 0.6 is 0 Å². The van der Waals surface area contributed by atoms with Crippen LogP contribution in [0.25, 0.3) is 0 Å². The third kappa shape index (κ3) is 5.56. The molecule has 0 aliphatic heterocycles. The highest BCUT2D eigenvalue weighted by molar-refractivity contribution is 5.63. The molecule has 0 fully saturated rings. The van der Waals surface area contributed by atoms with Crippen LogP contribution in [-0.4, -0.2) is 19.4 Å². The molecule has 2 N–H and O–H groups in total. The summed E-state index contributed by atoms with van der Waals surface area (Å²) in [5.41, 5.74) is 5.63. The molecule has 0 saturated heterocycles. The Kier molecular flexibility index (Phi) is 4.94. The lowest BCUT2D eigenvalue weighted by molar-refractivity contribution is 0.214. The molecule has 0 aromatic heterocycles. The van der Waals surface area contributed by atoms with Crippen LogP contribution in [0.3, 0.4) is 0 Å². The van der Waals surface area contributed by atoms with Gasteiger partial charge in [-0.25, -0.2) is 0 Å². The van der Waals surface area contributed by atoms with Gasteiger partial charge in [0, 0.05) is 6.04 Å². The van der Waals surface area contributed by atoms with Crippen LogP contribution in [-0.2, 0) is 4.84 Å². The lowest BCUT2D eigenvalue weighted by Gasteiger charge is -2.07. The molecule has 0 aromatic rings. The first kappa shape index (κ1) is 9.43. The monoisotopic (exact) mass is 144 g/mol. The smallest absolute Gasteiger partial charge is 0.106 e. The molecule has 0 aliphatic carbocycles. The molecule has 10 heavy (non-hydrogen) atoms. The van der Waals surface area contributed by atoms with Crippen molar-refractivity contribution in [3.05, 3.63) is 0 Å². The van der Waals surface area contributed by atoms with Crippen molar-refractivity contribution in [3.63, 3.8) is 0 Å². The highest BCUT2D eigenvalue weighted by Gasteiger charge is 2.00. The van der Waals surface area contributed by atoms with Gasteiger partial charge in [0.25, 0.3) is 0 Å². The molecule has 0 unspecified atom stereocenters. The Morgan fingerprint density at radius 3 is 2.60 bits per heavy atom. The first-order valence-corrected chi connectivity index (χ1v) is 3.49. The van der Waals surface area contributed by atoms with Gasteiger partial charge in [-0.3, -0.25) is 0 Å². The van der Waals surface area contributed by atoms with Crippen LogP contribution in [0.15, 0.2) is 5.16 Å². The first-order valence-electron chi connectivity index (χ1n) is 3.49. The van der Waals surface area contributed by atoms with Crippen molar-refractivity contribution in [1.82, 2.24) is 0 Å². The van der Waals surface area contributed by atoms with E-state index in [0.717, 1.165) is 6.42 Å². The number of hydrogen-bond donors (Lipinski definition) is 1. The van der Waals surface area contributed by atoms with Gasteiger partial charge in [0.15, 0.2) is 0 Å². The van der Waals surface area contributed by atoms with Gasteiger partial charge in [-0.1, -0.05) is 19.0 Å². The average Bonchev–Trinajstić information content (AvgIpc) is 1.82. The third-order valence-electron chi connectivity index (χ3n) is 1.10. The second-order valence-corrected chi connectivity index (χ2v) is 2.73. The molecule has 3 heteroatoms. The molecule has 0 aliphatic rings. The summed E-state index contributed by atoms with van der Waals surface area (Å²) in [6.45, 7) is 4.25. The van der Waals surface area contributed by atoms with Gasteiger partial charge in [-0.05, 0) is 12.3 Å². The van der Waals surface area contributed by atoms with Crippen molar-refractivity contribution in [2.45, 2.75) is 26.3 Å². The Bertz CT molecular complexity index is 102. The number of nitrogens with zero attached hydrogens (tertiary/aromatic N) is 1. The molecule has 0 radical (unpaired) electrons. The van der Waals surface area contributed by atoms with E-state index in [1.54, 1.807) is 6.21 Å². The van der Waals surface area contributed by atoms with Crippen LogP contribution in [0.5, 0.6) is 0 Å². The van der Waals surface area contributed by atoms with Crippen molar-refractivity contribution in [2.75, 3.05) is 7.11 Å². The van der Waals surface area contributed by atoms with Crippen LogP contribution in [0.4, 0.5) is 0 Å². The fraction of sp³-hybridized carbons (Fsp3) is 0.857. The van der Waals surface area contributed by atoms with Crippen LogP contribution in [0, 0.1) is 5.92 Å². The first-order chi connectivity index (χ1) is 4.66. The normalized spacial score (nSPS) is 14.5. The van der Waals surface area contributed by atoms with E-state index in [0.29, 0.717) is 5.92 Å². The number of hydrogen-bond acceptors (Lipinski definition) is 3. The summed E-state index contributed by atoms with van der Waals surface area (Å²) in [6, 6.07) is 0.0277. The SMILES string of the molecule is CON=C[C@@H](N)CC(C)C. The van der Waals surface area contributed by atoms with Gasteiger partial charge in [-0.2, -0.15) is 0 Å². The Labute approximate surface area is 62.2 Å². The van der Waals surface area contributed by atoms with E-state index in [9.17, 15) is 0 Å². The van der Waals surface area contributed by atoms with E-state index in [1.807, 2.05) is 0 Å². The maximum atomic E-state index is 5.63. The minimum atomic E-state index is 0.0277. The molecule has 1 atom stereocenters. The van der Waals surface area contributed by atoms with Crippen LogP contribution < -0.4 is 5.73 Å². The third-order valence-corrected chi connectivity index (χ3v) is 1.10. The Balaban J connectivity index is 3.42. The van der Waals surface area contributed by atoms with Gasteiger partial charge in [0.2, 0.25) is 0 Å². The Morgan fingerprint density at radius 2 is 2.20 bits per heavy atom. The predicted molar refractivity (Wildman–Crippen MR) is 42.9 cm³/mol. The lowest BCUT2D eigenvalue weighted by atomic mass is 10.1. The van der Waals surface area contributed by atoms with Crippen molar-refractivity contribution in [1.29, 1.82) is 0 Å². The maximum Gasteiger partial charge on any atom is 0.106 e. The minimum absolute atomic E-state index is 0.0277. The molecule has 0 amide bonds. The molecule has 60 valence electrons. The summed E-state index contributed by atoms with van der Waals surface area (Å²) in [5, 5.41) is 3.57. The topological polar surface area (TPSA) is 47.6 Å². The van der Waals surface area contributed by atoms with E-state index in [-0.39, 0.29) is 6.04 Å². The standard InChI is InChI=1S/C7H16N2O/c1-6(2)4-7(8)5-9-10-3/h5-7H,4,8H2,1-3H3/t7-/m0/s1. The zero-order valence-electron chi connectivity index (χ0n) is 6.87. The molecule has 0 bridgehead atoms. The van der Waals surface area contributed by atoms with Crippen molar-refractivity contribution in [3.8, 4) is 0 Å².